The molecule has 4 aromatic rings. The Hall–Kier alpha value is -3.80. The molecule has 4 rings (SSSR count). The summed E-state index contributed by atoms with van der Waals surface area (Å²) < 4.78 is 5.12. The van der Waals surface area contributed by atoms with Gasteiger partial charge in [0.2, 0.25) is 5.78 Å². The van der Waals surface area contributed by atoms with Crippen LogP contribution in [0, 0.1) is 0 Å². The molecular weight excluding hydrogens is 342 g/mol. The summed E-state index contributed by atoms with van der Waals surface area (Å²) in [5, 5.41) is 0. The second-order valence-corrected chi connectivity index (χ2v) is 5.90. The minimum atomic E-state index is -0.572. The Morgan fingerprint density at radius 2 is 1.78 bits per heavy atom. The van der Waals surface area contributed by atoms with E-state index in [-0.39, 0.29) is 18.1 Å². The van der Waals surface area contributed by atoms with E-state index in [1.54, 1.807) is 36.4 Å². The highest BCUT2D eigenvalue weighted by atomic mass is 16.5. The molecule has 0 atom stereocenters. The first kappa shape index (κ1) is 16.7. The number of aromatic amines is 1. The van der Waals surface area contributed by atoms with Crippen LogP contribution in [0.15, 0.2) is 72.9 Å². The van der Waals surface area contributed by atoms with Gasteiger partial charge in [0, 0.05) is 11.8 Å². The van der Waals surface area contributed by atoms with Crippen LogP contribution in [0.25, 0.3) is 22.4 Å². The number of aromatic nitrogens is 3. The number of esters is 1. The molecule has 2 aromatic carbocycles. The number of Topliss-reactive ketones (excluding diaryl/α,β-unsaturated/α-hetero) is 1. The molecule has 0 aliphatic carbocycles. The van der Waals surface area contributed by atoms with E-state index >= 15 is 0 Å². The van der Waals surface area contributed by atoms with Crippen LogP contribution in [0.5, 0.6) is 0 Å². The lowest BCUT2D eigenvalue weighted by atomic mass is 10.2. The molecule has 0 bridgehead atoms. The van der Waals surface area contributed by atoms with Gasteiger partial charge in [0.05, 0.1) is 16.6 Å². The monoisotopic (exact) mass is 357 g/mol. The Morgan fingerprint density at radius 1 is 0.963 bits per heavy atom. The molecule has 0 aliphatic heterocycles. The van der Waals surface area contributed by atoms with Gasteiger partial charge in [-0.15, -0.1) is 0 Å². The van der Waals surface area contributed by atoms with Gasteiger partial charge in [-0.05, 0) is 30.3 Å². The van der Waals surface area contributed by atoms with E-state index in [1.807, 2.05) is 30.3 Å². The number of pyridine rings is 1. The number of nitrogens with one attached hydrogen (secondary N) is 1. The van der Waals surface area contributed by atoms with Crippen LogP contribution in [0.2, 0.25) is 0 Å². The SMILES string of the molecule is O=C(OCC(=O)c1ccccn1)c1ccc2nc(-c3ccccc3)[nH]c2c1. The maximum atomic E-state index is 12.3. The van der Waals surface area contributed by atoms with E-state index in [9.17, 15) is 9.59 Å². The number of imidazole rings is 1. The van der Waals surface area contributed by atoms with Gasteiger partial charge < -0.3 is 9.72 Å². The molecule has 0 saturated heterocycles. The fraction of sp³-hybridized carbons (Fsp3) is 0.0476. The zero-order valence-corrected chi connectivity index (χ0v) is 14.3. The second-order valence-electron chi connectivity index (χ2n) is 5.90. The molecule has 2 aromatic heterocycles. The number of hydrogen-bond acceptors (Lipinski definition) is 5. The Bertz CT molecular complexity index is 1110. The maximum Gasteiger partial charge on any atom is 0.338 e. The Morgan fingerprint density at radius 3 is 2.56 bits per heavy atom. The number of hydrogen-bond donors (Lipinski definition) is 1. The van der Waals surface area contributed by atoms with Crippen LogP contribution in [0.1, 0.15) is 20.8 Å². The molecule has 0 unspecified atom stereocenters. The van der Waals surface area contributed by atoms with Crippen LogP contribution < -0.4 is 0 Å². The molecule has 132 valence electrons. The highest BCUT2D eigenvalue weighted by Crippen LogP contribution is 2.21. The molecule has 0 spiro atoms. The molecule has 6 nitrogen and oxygen atoms in total. The van der Waals surface area contributed by atoms with Crippen molar-refractivity contribution in [1.82, 2.24) is 15.0 Å². The zero-order valence-electron chi connectivity index (χ0n) is 14.3. The van der Waals surface area contributed by atoms with Gasteiger partial charge in [0.1, 0.15) is 11.5 Å². The molecule has 1 N–H and O–H groups in total. The molecule has 0 aliphatic rings. The number of ether oxygens (including phenoxy) is 1. The number of carbonyl (C=O) groups excluding carboxylic acids is 2. The Kier molecular flexibility index (Phi) is 4.45. The van der Waals surface area contributed by atoms with E-state index in [0.29, 0.717) is 5.56 Å². The van der Waals surface area contributed by atoms with Crippen molar-refractivity contribution >= 4 is 22.8 Å². The van der Waals surface area contributed by atoms with E-state index in [1.165, 1.54) is 6.20 Å². The fourth-order valence-electron chi connectivity index (χ4n) is 2.69. The van der Waals surface area contributed by atoms with Crippen molar-refractivity contribution in [2.24, 2.45) is 0 Å². The van der Waals surface area contributed by atoms with Crippen molar-refractivity contribution in [3.63, 3.8) is 0 Å². The molecule has 2 heterocycles. The van der Waals surface area contributed by atoms with Gasteiger partial charge in [0.15, 0.2) is 6.61 Å². The topological polar surface area (TPSA) is 84.9 Å². The number of nitrogens with zero attached hydrogens (tertiary/aromatic N) is 2. The van der Waals surface area contributed by atoms with E-state index < -0.39 is 5.97 Å². The van der Waals surface area contributed by atoms with E-state index in [4.69, 9.17) is 4.74 Å². The molecule has 0 radical (unpaired) electrons. The van der Waals surface area contributed by atoms with Crippen molar-refractivity contribution in [3.8, 4) is 11.4 Å². The van der Waals surface area contributed by atoms with Gasteiger partial charge in [-0.25, -0.2) is 9.78 Å². The van der Waals surface area contributed by atoms with E-state index in [2.05, 4.69) is 15.0 Å². The first-order valence-corrected chi connectivity index (χ1v) is 8.37. The van der Waals surface area contributed by atoms with Crippen LogP contribution in [0.3, 0.4) is 0 Å². The molecule has 0 amide bonds. The van der Waals surface area contributed by atoms with Gasteiger partial charge in [-0.3, -0.25) is 9.78 Å². The second kappa shape index (κ2) is 7.21. The largest absolute Gasteiger partial charge is 0.454 e. The van der Waals surface area contributed by atoms with Crippen LogP contribution in [-0.2, 0) is 4.74 Å². The summed E-state index contributed by atoms with van der Waals surface area (Å²) in [5.74, 6) is -0.198. The van der Waals surface area contributed by atoms with Gasteiger partial charge in [0.25, 0.3) is 0 Å². The molecule has 0 saturated carbocycles. The third kappa shape index (κ3) is 3.59. The normalized spacial score (nSPS) is 10.7. The smallest absolute Gasteiger partial charge is 0.338 e. The predicted molar refractivity (Wildman–Crippen MR) is 100 cm³/mol. The quantitative estimate of drug-likeness (QED) is 0.435. The minimum Gasteiger partial charge on any atom is -0.454 e. The summed E-state index contributed by atoms with van der Waals surface area (Å²) in [6.45, 7) is -0.355. The van der Waals surface area contributed by atoms with Crippen LogP contribution in [0.4, 0.5) is 0 Å². The summed E-state index contributed by atoms with van der Waals surface area (Å²) >= 11 is 0. The summed E-state index contributed by atoms with van der Waals surface area (Å²) in [4.78, 5) is 35.9. The number of rotatable bonds is 5. The third-order valence-electron chi connectivity index (χ3n) is 4.05. The molecular formula is C21H15N3O3. The lowest BCUT2D eigenvalue weighted by Gasteiger charge is -2.04. The average Bonchev–Trinajstić information content (AvgIpc) is 3.16. The number of benzene rings is 2. The summed E-state index contributed by atoms with van der Waals surface area (Å²) in [5.41, 5.74) is 3.04. The van der Waals surface area contributed by atoms with Crippen molar-refractivity contribution in [3.05, 3.63) is 84.2 Å². The molecule has 0 fully saturated rings. The van der Waals surface area contributed by atoms with Crippen molar-refractivity contribution < 1.29 is 14.3 Å². The summed E-state index contributed by atoms with van der Waals surface area (Å²) in [7, 11) is 0. The summed E-state index contributed by atoms with van der Waals surface area (Å²) in [6, 6.07) is 19.8. The Balaban J connectivity index is 1.50. The fourth-order valence-corrected chi connectivity index (χ4v) is 2.69. The van der Waals surface area contributed by atoms with E-state index in [0.717, 1.165) is 22.4 Å². The first-order valence-electron chi connectivity index (χ1n) is 8.37. The van der Waals surface area contributed by atoms with Crippen LogP contribution in [-0.4, -0.2) is 33.3 Å². The van der Waals surface area contributed by atoms with Crippen molar-refractivity contribution in [2.45, 2.75) is 0 Å². The highest BCUT2D eigenvalue weighted by molar-refractivity contribution is 5.99. The van der Waals surface area contributed by atoms with Gasteiger partial charge in [-0.1, -0.05) is 36.4 Å². The minimum absolute atomic E-state index is 0.266. The average molecular weight is 357 g/mol. The number of ketones is 1. The lowest BCUT2D eigenvalue weighted by Crippen LogP contribution is -2.15. The third-order valence-corrected chi connectivity index (χ3v) is 4.05. The highest BCUT2D eigenvalue weighted by Gasteiger charge is 2.14. The van der Waals surface area contributed by atoms with Crippen molar-refractivity contribution in [2.75, 3.05) is 6.61 Å². The predicted octanol–water partition coefficient (Wildman–Crippen LogP) is 3.66. The number of H-pyrrole nitrogens is 1. The number of carbonyl (C=O) groups is 2. The molecule has 27 heavy (non-hydrogen) atoms. The standard InChI is InChI=1S/C21H15N3O3/c25-19(17-8-4-5-11-22-17)13-27-21(26)15-9-10-16-18(12-15)24-20(23-16)14-6-2-1-3-7-14/h1-12H,13H2,(H,23,24). The van der Waals surface area contributed by atoms with Gasteiger partial charge >= 0.3 is 5.97 Å². The summed E-state index contributed by atoms with van der Waals surface area (Å²) in [6.07, 6.45) is 1.52. The molecule has 6 heteroatoms. The van der Waals surface area contributed by atoms with Crippen molar-refractivity contribution in [1.29, 1.82) is 0 Å². The lowest BCUT2D eigenvalue weighted by molar-refractivity contribution is 0.0473. The zero-order chi connectivity index (χ0) is 18.6. The first-order chi connectivity index (χ1) is 13.2. The number of fused-ring (bicyclic) bond motifs is 1. The maximum absolute atomic E-state index is 12.3. The Labute approximate surface area is 154 Å². The van der Waals surface area contributed by atoms with Crippen LogP contribution >= 0.6 is 0 Å². The van der Waals surface area contributed by atoms with Gasteiger partial charge in [-0.2, -0.15) is 0 Å².